The Bertz CT molecular complexity index is 541. The molecule has 0 atom stereocenters. The smallest absolute Gasteiger partial charge is 0.227 e. The summed E-state index contributed by atoms with van der Waals surface area (Å²) in [4.78, 5) is 10.7. The van der Waals surface area contributed by atoms with Crippen LogP contribution in [-0.4, -0.2) is 16.6 Å². The van der Waals surface area contributed by atoms with Gasteiger partial charge in [-0.15, -0.1) is 11.3 Å². The van der Waals surface area contributed by atoms with Crippen LogP contribution < -0.4 is 4.74 Å². The van der Waals surface area contributed by atoms with Crippen LogP contribution in [0.1, 0.15) is 44.4 Å². The summed E-state index contributed by atoms with van der Waals surface area (Å²) in [5.74, 6) is 0.627. The molecule has 2 aromatic rings. The van der Waals surface area contributed by atoms with Crippen molar-refractivity contribution in [1.82, 2.24) is 9.97 Å². The molecule has 0 radical (unpaired) electrons. The number of aryl methyl sites for hydroxylation is 1. The van der Waals surface area contributed by atoms with Gasteiger partial charge in [0, 0.05) is 4.88 Å². The fourth-order valence-corrected chi connectivity index (χ4v) is 3.07. The van der Waals surface area contributed by atoms with E-state index in [1.807, 2.05) is 0 Å². The molecule has 0 unspecified atom stereocenters. The Morgan fingerprint density at radius 2 is 2.05 bits per heavy atom. The lowest BCUT2D eigenvalue weighted by Crippen LogP contribution is -2.00. The van der Waals surface area contributed by atoms with Gasteiger partial charge in [0.2, 0.25) is 11.2 Å². The van der Waals surface area contributed by atoms with Gasteiger partial charge in [0.1, 0.15) is 4.83 Å². The van der Waals surface area contributed by atoms with Crippen molar-refractivity contribution in [3.05, 3.63) is 16.2 Å². The summed E-state index contributed by atoms with van der Waals surface area (Å²) in [6.07, 6.45) is 5.73. The average molecular weight is 299 g/mol. The van der Waals surface area contributed by atoms with Crippen molar-refractivity contribution in [2.75, 3.05) is 6.61 Å². The van der Waals surface area contributed by atoms with Crippen LogP contribution in [0.4, 0.5) is 0 Å². The first-order chi connectivity index (χ1) is 9.24. The summed E-state index contributed by atoms with van der Waals surface area (Å²) >= 11 is 7.60. The summed E-state index contributed by atoms with van der Waals surface area (Å²) in [6.45, 7) is 5.02. The standard InChI is InChI=1S/C14H19ClN2OS/c1-3-5-6-7-8-18-12-11-9-10(4-2)19-13(11)17-14(15)16-12/h9H,3-8H2,1-2H3. The van der Waals surface area contributed by atoms with Crippen molar-refractivity contribution in [3.63, 3.8) is 0 Å². The zero-order valence-electron chi connectivity index (χ0n) is 11.4. The van der Waals surface area contributed by atoms with Crippen LogP contribution in [0, 0.1) is 0 Å². The lowest BCUT2D eigenvalue weighted by Gasteiger charge is -2.06. The second-order valence-corrected chi connectivity index (χ2v) is 5.95. The van der Waals surface area contributed by atoms with Crippen molar-refractivity contribution in [2.45, 2.75) is 46.0 Å². The molecule has 2 heterocycles. The predicted octanol–water partition coefficient (Wildman–Crippen LogP) is 4.87. The largest absolute Gasteiger partial charge is 0.477 e. The van der Waals surface area contributed by atoms with Crippen LogP contribution in [0.5, 0.6) is 5.88 Å². The van der Waals surface area contributed by atoms with E-state index in [1.54, 1.807) is 11.3 Å². The molecule has 0 bridgehead atoms. The molecule has 0 spiro atoms. The molecular formula is C14H19ClN2OS. The molecule has 0 aromatic carbocycles. The highest BCUT2D eigenvalue weighted by atomic mass is 35.5. The van der Waals surface area contributed by atoms with E-state index < -0.39 is 0 Å². The van der Waals surface area contributed by atoms with Crippen LogP contribution in [-0.2, 0) is 6.42 Å². The number of hydrogen-bond acceptors (Lipinski definition) is 4. The second kappa shape index (κ2) is 7.06. The maximum atomic E-state index is 5.94. The van der Waals surface area contributed by atoms with Crippen LogP contribution >= 0.6 is 22.9 Å². The van der Waals surface area contributed by atoms with Crippen molar-refractivity contribution in [3.8, 4) is 5.88 Å². The number of halogens is 1. The third-order valence-electron chi connectivity index (χ3n) is 2.97. The minimum Gasteiger partial charge on any atom is -0.477 e. The van der Waals surface area contributed by atoms with E-state index in [0.29, 0.717) is 12.5 Å². The monoisotopic (exact) mass is 298 g/mol. The van der Waals surface area contributed by atoms with Gasteiger partial charge in [-0.2, -0.15) is 4.98 Å². The van der Waals surface area contributed by atoms with Crippen molar-refractivity contribution >= 4 is 33.2 Å². The number of nitrogens with zero attached hydrogens (tertiary/aromatic N) is 2. The van der Waals surface area contributed by atoms with E-state index in [1.165, 1.54) is 24.1 Å². The summed E-state index contributed by atoms with van der Waals surface area (Å²) in [5.41, 5.74) is 0. The minimum atomic E-state index is 0.264. The normalized spacial score (nSPS) is 11.1. The van der Waals surface area contributed by atoms with Gasteiger partial charge >= 0.3 is 0 Å². The Morgan fingerprint density at radius 1 is 1.21 bits per heavy atom. The highest BCUT2D eigenvalue weighted by molar-refractivity contribution is 7.18. The van der Waals surface area contributed by atoms with E-state index in [9.17, 15) is 0 Å². The summed E-state index contributed by atoms with van der Waals surface area (Å²) < 4.78 is 5.78. The SMILES string of the molecule is CCCCCCOc1nc(Cl)nc2sc(CC)cc12. The fraction of sp³-hybridized carbons (Fsp3) is 0.571. The first kappa shape index (κ1) is 14.5. The Hall–Kier alpha value is -0.870. The van der Waals surface area contributed by atoms with Gasteiger partial charge in [0.25, 0.3) is 0 Å². The van der Waals surface area contributed by atoms with Crippen LogP contribution in [0.3, 0.4) is 0 Å². The number of ether oxygens (including phenoxy) is 1. The molecule has 104 valence electrons. The van der Waals surface area contributed by atoms with E-state index in [-0.39, 0.29) is 5.28 Å². The molecule has 0 aliphatic carbocycles. The molecule has 0 N–H and O–H groups in total. The molecule has 5 heteroatoms. The topological polar surface area (TPSA) is 35.0 Å². The first-order valence-corrected chi connectivity index (χ1v) is 8.02. The third-order valence-corrected chi connectivity index (χ3v) is 4.31. The van der Waals surface area contributed by atoms with E-state index >= 15 is 0 Å². The fourth-order valence-electron chi connectivity index (χ4n) is 1.90. The molecule has 3 nitrogen and oxygen atoms in total. The molecule has 0 fully saturated rings. The van der Waals surface area contributed by atoms with Gasteiger partial charge in [0.05, 0.1) is 12.0 Å². The number of thiophene rings is 1. The number of unbranched alkanes of at least 4 members (excludes halogenated alkanes) is 3. The van der Waals surface area contributed by atoms with Gasteiger partial charge in [-0.1, -0.05) is 33.1 Å². The molecular weight excluding hydrogens is 280 g/mol. The Labute approximate surface area is 123 Å². The Balaban J connectivity index is 2.10. The first-order valence-electron chi connectivity index (χ1n) is 6.83. The number of rotatable bonds is 7. The van der Waals surface area contributed by atoms with Gasteiger partial charge in [-0.25, -0.2) is 4.98 Å². The molecule has 0 saturated carbocycles. The van der Waals surface area contributed by atoms with Crippen LogP contribution in [0.15, 0.2) is 6.07 Å². The van der Waals surface area contributed by atoms with Crippen LogP contribution in [0.25, 0.3) is 10.2 Å². The molecule has 0 saturated heterocycles. The quantitative estimate of drug-likeness (QED) is 0.540. The van der Waals surface area contributed by atoms with E-state index in [4.69, 9.17) is 16.3 Å². The molecule has 0 aliphatic rings. The van der Waals surface area contributed by atoms with Gasteiger partial charge in [-0.3, -0.25) is 0 Å². The Kier molecular flexibility index (Phi) is 5.40. The number of hydrogen-bond donors (Lipinski definition) is 0. The molecule has 19 heavy (non-hydrogen) atoms. The second-order valence-electron chi connectivity index (χ2n) is 4.49. The van der Waals surface area contributed by atoms with Gasteiger partial charge in [-0.05, 0) is 30.5 Å². The maximum absolute atomic E-state index is 5.94. The molecule has 0 amide bonds. The number of fused-ring (bicyclic) bond motifs is 1. The highest BCUT2D eigenvalue weighted by Gasteiger charge is 2.11. The lowest BCUT2D eigenvalue weighted by atomic mass is 10.2. The van der Waals surface area contributed by atoms with Crippen molar-refractivity contribution in [1.29, 1.82) is 0 Å². The summed E-state index contributed by atoms with van der Waals surface area (Å²) in [7, 11) is 0. The maximum Gasteiger partial charge on any atom is 0.227 e. The van der Waals surface area contributed by atoms with E-state index in [2.05, 4.69) is 29.9 Å². The van der Waals surface area contributed by atoms with E-state index in [0.717, 1.165) is 23.1 Å². The third kappa shape index (κ3) is 3.80. The highest BCUT2D eigenvalue weighted by Crippen LogP contribution is 2.31. The predicted molar refractivity (Wildman–Crippen MR) is 81.4 cm³/mol. The summed E-state index contributed by atoms with van der Waals surface area (Å²) in [6, 6.07) is 2.11. The van der Waals surface area contributed by atoms with Crippen molar-refractivity contribution < 1.29 is 4.74 Å². The Morgan fingerprint density at radius 3 is 2.79 bits per heavy atom. The average Bonchev–Trinajstić information content (AvgIpc) is 2.81. The lowest BCUT2D eigenvalue weighted by molar-refractivity contribution is 0.297. The molecule has 2 aromatic heterocycles. The summed E-state index contributed by atoms with van der Waals surface area (Å²) in [5, 5.41) is 1.25. The van der Waals surface area contributed by atoms with Gasteiger partial charge < -0.3 is 4.74 Å². The molecule has 2 rings (SSSR count). The van der Waals surface area contributed by atoms with Gasteiger partial charge in [0.15, 0.2) is 0 Å². The van der Waals surface area contributed by atoms with Crippen LogP contribution in [0.2, 0.25) is 5.28 Å². The number of aromatic nitrogens is 2. The minimum absolute atomic E-state index is 0.264. The van der Waals surface area contributed by atoms with Crippen molar-refractivity contribution in [2.24, 2.45) is 0 Å². The zero-order chi connectivity index (χ0) is 13.7. The molecule has 0 aliphatic heterocycles. The zero-order valence-corrected chi connectivity index (χ0v) is 13.0.